The number of piperidine rings is 3. The van der Waals surface area contributed by atoms with Crippen molar-refractivity contribution in [3.8, 4) is 11.1 Å². The molecule has 1 atom stereocenters. The molecule has 0 saturated carbocycles. The van der Waals surface area contributed by atoms with Crippen molar-refractivity contribution in [1.29, 1.82) is 0 Å². The number of imide groups is 1. The summed E-state index contributed by atoms with van der Waals surface area (Å²) in [7, 11) is 3.51. The van der Waals surface area contributed by atoms with Gasteiger partial charge in [-0.1, -0.05) is 0 Å². The lowest BCUT2D eigenvalue weighted by molar-refractivity contribution is -0.135. The van der Waals surface area contributed by atoms with Gasteiger partial charge in [-0.05, 0) is 125 Å². The summed E-state index contributed by atoms with van der Waals surface area (Å²) in [5, 5.41) is 15.6. The van der Waals surface area contributed by atoms with Gasteiger partial charge in [0.25, 0.3) is 6.43 Å². The minimum absolute atomic E-state index is 0.00701. The van der Waals surface area contributed by atoms with Crippen LogP contribution in [0, 0.1) is 5.92 Å². The maximum absolute atomic E-state index is 14.7. The van der Waals surface area contributed by atoms with E-state index >= 15 is 0 Å². The predicted octanol–water partition coefficient (Wildman–Crippen LogP) is 5.69. The van der Waals surface area contributed by atoms with Crippen LogP contribution >= 0.6 is 0 Å². The number of benzene rings is 2. The van der Waals surface area contributed by atoms with Crippen molar-refractivity contribution >= 4 is 45.9 Å². The number of anilines is 3. The van der Waals surface area contributed by atoms with Gasteiger partial charge in [-0.25, -0.2) is 13.6 Å². The molecule has 356 valence electrons. The predicted molar refractivity (Wildman–Crippen MR) is 252 cm³/mol. The molecule has 5 aliphatic rings. The summed E-state index contributed by atoms with van der Waals surface area (Å²) >= 11 is 0. The summed E-state index contributed by atoms with van der Waals surface area (Å²) in [5.41, 5.74) is 7.33. The lowest BCUT2D eigenvalue weighted by Crippen LogP contribution is -2.44. The van der Waals surface area contributed by atoms with Crippen molar-refractivity contribution in [3.63, 3.8) is 0 Å². The summed E-state index contributed by atoms with van der Waals surface area (Å²) in [5.74, 6) is 0.642. The summed E-state index contributed by atoms with van der Waals surface area (Å²) in [6.07, 6.45) is 9.00. The molecule has 0 radical (unpaired) electrons. The fourth-order valence-electron chi connectivity index (χ4n) is 11.4. The summed E-state index contributed by atoms with van der Waals surface area (Å²) in [6, 6.07) is 8.96. The highest BCUT2D eigenvalue weighted by Crippen LogP contribution is 2.44. The van der Waals surface area contributed by atoms with Gasteiger partial charge in [0.15, 0.2) is 5.82 Å². The molecule has 5 aromatic rings. The third-order valence-electron chi connectivity index (χ3n) is 15.2. The zero-order valence-electron chi connectivity index (χ0n) is 38.9. The number of hydrogen-bond donors (Lipinski definition) is 2. The minimum Gasteiger partial charge on any atom is -0.385 e. The van der Waals surface area contributed by atoms with E-state index in [4.69, 9.17) is 5.10 Å². The van der Waals surface area contributed by atoms with E-state index < -0.39 is 18.4 Å². The summed E-state index contributed by atoms with van der Waals surface area (Å²) < 4.78 is 36.4. The highest BCUT2D eigenvalue weighted by molar-refractivity contribution is 6.00. The fraction of sp³-hybridized carbons (Fsp3) is 0.551. The molecule has 3 aromatic heterocycles. The topological polar surface area (TPSA) is 151 Å². The molecular formula is C49H62F2N12O4. The standard InChI is InChI=1S/C49H62F2N12O4/c1-31(64)60-23-15-40-39(30-60)47(61-18-4-6-33-24-37(34-28-53-56(2)29-34)38(46(50)51)26-43(33)61)55-63(40)36-13-21-59(22-14-36)17-5-16-58-19-11-32(12-20-58)27-52-35-7-8-41-44(25-35)57(3)49(67)62(41)42-9-10-45(65)54-48(42)66/h7-8,24-26,28-29,32,36,42,46,52H,4-6,9-23,27,30H2,1-3H3,(H,54,65,66). The highest BCUT2D eigenvalue weighted by atomic mass is 19.3. The van der Waals surface area contributed by atoms with E-state index in [0.717, 1.165) is 131 Å². The second kappa shape index (κ2) is 18.7. The molecular weight excluding hydrogens is 859 g/mol. The van der Waals surface area contributed by atoms with E-state index in [2.05, 4.69) is 35.1 Å². The van der Waals surface area contributed by atoms with E-state index in [-0.39, 0.29) is 35.5 Å². The van der Waals surface area contributed by atoms with Crippen LogP contribution in [0.1, 0.15) is 99.2 Å². The smallest absolute Gasteiger partial charge is 0.329 e. The number of carbonyl (C=O) groups excluding carboxylic acids is 3. The number of likely N-dealkylation sites (tertiary alicyclic amines) is 2. The second-order valence-corrected chi connectivity index (χ2v) is 19.4. The number of hydrogen-bond acceptors (Lipinski definition) is 10. The average molecular weight is 921 g/mol. The lowest BCUT2D eigenvalue weighted by Gasteiger charge is -2.35. The van der Waals surface area contributed by atoms with Crippen molar-refractivity contribution in [2.45, 2.75) is 96.2 Å². The molecule has 0 bridgehead atoms. The van der Waals surface area contributed by atoms with Crippen molar-refractivity contribution in [1.82, 2.24) is 48.7 Å². The Balaban J connectivity index is 0.729. The lowest BCUT2D eigenvalue weighted by atomic mass is 9.92. The number of nitrogens with zero attached hydrogens (tertiary/aromatic N) is 10. The highest BCUT2D eigenvalue weighted by Gasteiger charge is 2.36. The van der Waals surface area contributed by atoms with Crippen molar-refractivity contribution < 1.29 is 23.2 Å². The van der Waals surface area contributed by atoms with Crippen LogP contribution < -0.4 is 21.2 Å². The van der Waals surface area contributed by atoms with Gasteiger partial charge in [-0.15, -0.1) is 0 Å². The Morgan fingerprint density at radius 1 is 0.896 bits per heavy atom. The third-order valence-corrected chi connectivity index (χ3v) is 15.2. The SMILES string of the molecule is CC(=O)N1CCc2c(c(N3CCCc4cc(-c5cnn(C)c5)c(C(F)F)cc43)nn2C2CCN(CCCN3CCC(CNc4ccc5c(c4)n(C)c(=O)n5C4CCC(=O)NC4=O)CC3)CC2)C1. The van der Waals surface area contributed by atoms with Crippen LogP contribution in [-0.4, -0.2) is 120 Å². The Bertz CT molecular complexity index is 2740. The molecule has 2 N–H and O–H groups in total. The molecule has 3 saturated heterocycles. The first-order valence-corrected chi connectivity index (χ1v) is 24.2. The largest absolute Gasteiger partial charge is 0.385 e. The summed E-state index contributed by atoms with van der Waals surface area (Å²) in [4.78, 5) is 59.4. The van der Waals surface area contributed by atoms with E-state index in [1.165, 1.54) is 10.3 Å². The van der Waals surface area contributed by atoms with E-state index in [1.54, 1.807) is 48.7 Å². The Labute approximate surface area is 388 Å². The van der Waals surface area contributed by atoms with Crippen molar-refractivity contribution in [3.05, 3.63) is 75.6 Å². The fourth-order valence-corrected chi connectivity index (χ4v) is 11.4. The van der Waals surface area contributed by atoms with Gasteiger partial charge in [0.1, 0.15) is 6.04 Å². The number of aryl methyl sites for hydroxylation is 3. The number of amides is 3. The van der Waals surface area contributed by atoms with Gasteiger partial charge >= 0.3 is 5.69 Å². The Morgan fingerprint density at radius 3 is 2.36 bits per heavy atom. The van der Waals surface area contributed by atoms with Crippen LogP contribution in [0.25, 0.3) is 22.2 Å². The first-order chi connectivity index (χ1) is 32.4. The molecule has 8 heterocycles. The van der Waals surface area contributed by atoms with Crippen LogP contribution in [0.5, 0.6) is 0 Å². The molecule has 2 aromatic carbocycles. The molecule has 1 unspecified atom stereocenters. The van der Waals surface area contributed by atoms with Crippen LogP contribution in [0.4, 0.5) is 26.0 Å². The number of carbonyl (C=O) groups is 3. The number of nitrogens with one attached hydrogen (secondary N) is 2. The number of alkyl halides is 2. The van der Waals surface area contributed by atoms with Gasteiger partial charge in [-0.3, -0.25) is 38.2 Å². The van der Waals surface area contributed by atoms with Crippen LogP contribution in [-0.2, 0) is 47.9 Å². The molecule has 18 heteroatoms. The third kappa shape index (κ3) is 8.89. The minimum atomic E-state index is -2.65. The van der Waals surface area contributed by atoms with E-state index in [0.29, 0.717) is 48.6 Å². The Kier molecular flexibility index (Phi) is 12.5. The molecule has 5 aliphatic heterocycles. The van der Waals surface area contributed by atoms with Crippen LogP contribution in [0.3, 0.4) is 0 Å². The zero-order chi connectivity index (χ0) is 46.5. The molecule has 3 amide bonds. The van der Waals surface area contributed by atoms with Gasteiger partial charge in [0.05, 0.1) is 29.8 Å². The normalized spacial score (nSPS) is 20.2. The van der Waals surface area contributed by atoms with E-state index in [1.807, 2.05) is 29.2 Å². The maximum atomic E-state index is 14.7. The summed E-state index contributed by atoms with van der Waals surface area (Å²) in [6.45, 7) is 10.5. The molecule has 3 fully saturated rings. The van der Waals surface area contributed by atoms with Gasteiger partial charge in [0, 0.05) is 107 Å². The molecule has 0 aliphatic carbocycles. The molecule has 10 rings (SSSR count). The van der Waals surface area contributed by atoms with Crippen molar-refractivity contribution in [2.75, 3.05) is 69.1 Å². The average Bonchev–Trinajstić information content (AvgIpc) is 4.01. The Hall–Kier alpha value is -5.88. The van der Waals surface area contributed by atoms with E-state index in [9.17, 15) is 28.0 Å². The molecule has 0 spiro atoms. The van der Waals surface area contributed by atoms with Gasteiger partial charge in [0.2, 0.25) is 17.7 Å². The number of aromatic nitrogens is 6. The van der Waals surface area contributed by atoms with Crippen LogP contribution in [0.15, 0.2) is 47.5 Å². The number of rotatable bonds is 12. The van der Waals surface area contributed by atoms with Crippen molar-refractivity contribution in [2.24, 2.45) is 20.0 Å². The first-order valence-electron chi connectivity index (χ1n) is 24.2. The van der Waals surface area contributed by atoms with Crippen LogP contribution in [0.2, 0.25) is 0 Å². The quantitative estimate of drug-likeness (QED) is 0.150. The zero-order valence-corrected chi connectivity index (χ0v) is 38.9. The number of imidazole rings is 1. The Morgan fingerprint density at radius 2 is 1.66 bits per heavy atom. The van der Waals surface area contributed by atoms with Gasteiger partial charge < -0.3 is 24.9 Å². The number of fused-ring (bicyclic) bond motifs is 3. The monoisotopic (exact) mass is 920 g/mol. The first kappa shape index (κ1) is 44.9. The van der Waals surface area contributed by atoms with Gasteiger partial charge in [-0.2, -0.15) is 10.2 Å². The molecule has 16 nitrogen and oxygen atoms in total. The number of halogens is 2. The second-order valence-electron chi connectivity index (χ2n) is 19.4. The molecule has 67 heavy (non-hydrogen) atoms. The maximum Gasteiger partial charge on any atom is 0.329 e.